The van der Waals surface area contributed by atoms with Gasteiger partial charge >= 0.3 is 0 Å². The van der Waals surface area contributed by atoms with Crippen molar-refractivity contribution in [1.29, 1.82) is 0 Å². The van der Waals surface area contributed by atoms with Crippen LogP contribution in [0.3, 0.4) is 0 Å². The van der Waals surface area contributed by atoms with Crippen molar-refractivity contribution in [1.82, 2.24) is 0 Å². The molecule has 0 heterocycles. The van der Waals surface area contributed by atoms with Crippen LogP contribution in [0.4, 0.5) is 4.39 Å². The van der Waals surface area contributed by atoms with Crippen molar-refractivity contribution in [2.75, 3.05) is 0 Å². The van der Waals surface area contributed by atoms with Crippen LogP contribution in [-0.2, 0) is 9.59 Å². The van der Waals surface area contributed by atoms with Gasteiger partial charge in [0.2, 0.25) is 0 Å². The molecule has 2 aromatic carbocycles. The minimum atomic E-state index is -0.821. The maximum absolute atomic E-state index is 14.1. The molecule has 2 nitrogen and oxygen atoms in total. The predicted molar refractivity (Wildman–Crippen MR) is 84.2 cm³/mol. The molecule has 0 N–H and O–H groups in total. The Morgan fingerprint density at radius 3 is 2.14 bits per heavy atom. The smallest absolute Gasteiger partial charge is 0.143 e. The molecule has 0 spiro atoms. The second kappa shape index (κ2) is 7.12. The molecule has 0 bridgehead atoms. The van der Waals surface area contributed by atoms with E-state index in [-0.39, 0.29) is 17.3 Å². The lowest BCUT2D eigenvalue weighted by atomic mass is 9.76. The maximum atomic E-state index is 14.1. The van der Waals surface area contributed by atoms with E-state index < -0.39 is 17.7 Å². The molecular formula is C19H19FO2. The van der Waals surface area contributed by atoms with Gasteiger partial charge < -0.3 is 4.79 Å². The molecule has 0 saturated heterocycles. The summed E-state index contributed by atoms with van der Waals surface area (Å²) < 4.78 is 14.1. The number of hydrogen-bond acceptors (Lipinski definition) is 2. The van der Waals surface area contributed by atoms with Gasteiger partial charge in [0.05, 0.1) is 11.8 Å². The Kier molecular flexibility index (Phi) is 5.21. The van der Waals surface area contributed by atoms with Crippen LogP contribution in [0, 0.1) is 11.7 Å². The van der Waals surface area contributed by atoms with E-state index in [0.29, 0.717) is 6.29 Å². The maximum Gasteiger partial charge on any atom is 0.143 e. The summed E-state index contributed by atoms with van der Waals surface area (Å²) >= 11 is 0. The van der Waals surface area contributed by atoms with E-state index in [1.165, 1.54) is 6.07 Å². The van der Waals surface area contributed by atoms with Gasteiger partial charge in [0.1, 0.15) is 17.9 Å². The van der Waals surface area contributed by atoms with Crippen LogP contribution in [0.15, 0.2) is 54.6 Å². The summed E-state index contributed by atoms with van der Waals surface area (Å²) in [4.78, 5) is 24.3. The fourth-order valence-electron chi connectivity index (χ4n) is 2.64. The third-order valence-corrected chi connectivity index (χ3v) is 3.80. The molecule has 114 valence electrons. The van der Waals surface area contributed by atoms with E-state index in [2.05, 4.69) is 0 Å². The van der Waals surface area contributed by atoms with E-state index in [1.807, 2.05) is 30.3 Å². The third-order valence-electron chi connectivity index (χ3n) is 3.80. The first kappa shape index (κ1) is 16.1. The van der Waals surface area contributed by atoms with Gasteiger partial charge in [-0.15, -0.1) is 0 Å². The lowest BCUT2D eigenvalue weighted by molar-refractivity contribution is -0.125. The zero-order valence-corrected chi connectivity index (χ0v) is 12.7. The van der Waals surface area contributed by atoms with Crippen LogP contribution in [0.25, 0.3) is 0 Å². The molecule has 3 heteroatoms. The topological polar surface area (TPSA) is 34.1 Å². The van der Waals surface area contributed by atoms with Crippen LogP contribution < -0.4 is 0 Å². The number of rotatable bonds is 6. The van der Waals surface area contributed by atoms with Crippen molar-refractivity contribution >= 4 is 12.1 Å². The van der Waals surface area contributed by atoms with E-state index in [0.717, 1.165) is 5.56 Å². The van der Waals surface area contributed by atoms with Gasteiger partial charge in [0.15, 0.2) is 0 Å². The number of carbonyl (C=O) groups excluding carboxylic acids is 2. The first-order valence-electron chi connectivity index (χ1n) is 7.34. The molecule has 0 aliphatic heterocycles. The van der Waals surface area contributed by atoms with E-state index in [1.54, 1.807) is 32.0 Å². The van der Waals surface area contributed by atoms with Crippen molar-refractivity contribution < 1.29 is 14.0 Å². The summed E-state index contributed by atoms with van der Waals surface area (Å²) in [5.41, 5.74) is 1.00. The molecule has 0 saturated carbocycles. The summed E-state index contributed by atoms with van der Waals surface area (Å²) in [6.07, 6.45) is 0.677. The highest BCUT2D eigenvalue weighted by Gasteiger charge is 2.33. The minimum absolute atomic E-state index is 0.0634. The Morgan fingerprint density at radius 2 is 1.59 bits per heavy atom. The Labute approximate surface area is 130 Å². The number of halogens is 1. The molecule has 0 aliphatic rings. The lowest BCUT2D eigenvalue weighted by Gasteiger charge is -2.24. The van der Waals surface area contributed by atoms with Gasteiger partial charge in [-0.2, -0.15) is 0 Å². The number of carbonyl (C=O) groups is 2. The molecule has 22 heavy (non-hydrogen) atoms. The zero-order valence-electron chi connectivity index (χ0n) is 12.7. The summed E-state index contributed by atoms with van der Waals surface area (Å²) in [6, 6.07) is 15.2. The zero-order chi connectivity index (χ0) is 16.1. The highest BCUT2D eigenvalue weighted by molar-refractivity contribution is 5.91. The highest BCUT2D eigenvalue weighted by Crippen LogP contribution is 2.35. The van der Waals surface area contributed by atoms with Gasteiger partial charge in [0.25, 0.3) is 0 Å². The van der Waals surface area contributed by atoms with Crippen molar-refractivity contribution in [3.63, 3.8) is 0 Å². The lowest BCUT2D eigenvalue weighted by Crippen LogP contribution is -2.26. The van der Waals surface area contributed by atoms with Crippen LogP contribution in [0.2, 0.25) is 0 Å². The molecule has 0 aromatic heterocycles. The Hall–Kier alpha value is -2.29. The normalized spacial score (nSPS) is 13.6. The van der Waals surface area contributed by atoms with Crippen molar-refractivity contribution in [3.05, 3.63) is 71.5 Å². The second-order valence-corrected chi connectivity index (χ2v) is 5.63. The number of aldehydes is 1. The average molecular weight is 298 g/mol. The van der Waals surface area contributed by atoms with Gasteiger partial charge in [0, 0.05) is 5.92 Å². The number of benzene rings is 2. The third kappa shape index (κ3) is 3.30. The quantitative estimate of drug-likeness (QED) is 0.752. The summed E-state index contributed by atoms with van der Waals surface area (Å²) in [6.45, 7) is 3.59. The number of ketones is 1. The fourth-order valence-corrected chi connectivity index (χ4v) is 2.64. The molecule has 2 aromatic rings. The summed E-state index contributed by atoms with van der Waals surface area (Å²) in [5, 5.41) is 0. The molecule has 0 radical (unpaired) electrons. The van der Waals surface area contributed by atoms with Gasteiger partial charge in [-0.3, -0.25) is 4.79 Å². The predicted octanol–water partition coefficient (Wildman–Crippen LogP) is 4.12. The molecule has 2 unspecified atom stereocenters. The largest absolute Gasteiger partial charge is 0.303 e. The average Bonchev–Trinajstić information content (AvgIpc) is 2.53. The highest BCUT2D eigenvalue weighted by atomic mass is 19.1. The first-order valence-corrected chi connectivity index (χ1v) is 7.34. The molecule has 0 amide bonds. The minimum Gasteiger partial charge on any atom is -0.303 e. The van der Waals surface area contributed by atoms with Gasteiger partial charge in [-0.25, -0.2) is 4.39 Å². The standard InChI is InChI=1S/C19H19FO2/c1-13(2)19(22)18(14-8-4-3-5-9-14)16(12-21)15-10-6-7-11-17(15)20/h3-13,16,18H,1-2H3. The fraction of sp³-hybridized carbons (Fsp3) is 0.263. The Morgan fingerprint density at radius 1 is 1.00 bits per heavy atom. The van der Waals surface area contributed by atoms with Crippen molar-refractivity contribution in [2.24, 2.45) is 5.92 Å². The Bertz CT molecular complexity index is 649. The second-order valence-electron chi connectivity index (χ2n) is 5.63. The molecule has 2 rings (SSSR count). The monoisotopic (exact) mass is 298 g/mol. The van der Waals surface area contributed by atoms with Crippen molar-refractivity contribution in [3.8, 4) is 0 Å². The summed E-state index contributed by atoms with van der Waals surface area (Å²) in [7, 11) is 0. The molecule has 2 atom stereocenters. The van der Waals surface area contributed by atoms with Gasteiger partial charge in [-0.1, -0.05) is 62.4 Å². The SMILES string of the molecule is CC(C)C(=O)C(c1ccccc1)C(C=O)c1ccccc1F. The van der Waals surface area contributed by atoms with Crippen molar-refractivity contribution in [2.45, 2.75) is 25.7 Å². The van der Waals surface area contributed by atoms with E-state index >= 15 is 0 Å². The molecule has 0 fully saturated rings. The summed E-state index contributed by atoms with van der Waals surface area (Å²) in [5.74, 6) is -2.25. The molecular weight excluding hydrogens is 279 g/mol. The Balaban J connectivity index is 2.54. The number of Topliss-reactive ketones (excluding diaryl/α,β-unsaturated/α-hetero) is 1. The van der Waals surface area contributed by atoms with Gasteiger partial charge in [-0.05, 0) is 17.2 Å². The number of hydrogen-bond donors (Lipinski definition) is 0. The van der Waals surface area contributed by atoms with Crippen LogP contribution >= 0.6 is 0 Å². The van der Waals surface area contributed by atoms with Crippen LogP contribution in [0.5, 0.6) is 0 Å². The first-order chi connectivity index (χ1) is 10.6. The van der Waals surface area contributed by atoms with Crippen LogP contribution in [-0.4, -0.2) is 12.1 Å². The van der Waals surface area contributed by atoms with E-state index in [9.17, 15) is 14.0 Å². The molecule has 0 aliphatic carbocycles. The van der Waals surface area contributed by atoms with Crippen LogP contribution in [0.1, 0.15) is 36.8 Å². The van der Waals surface area contributed by atoms with E-state index in [4.69, 9.17) is 0 Å².